The van der Waals surface area contributed by atoms with E-state index < -0.39 is 33.2 Å². The van der Waals surface area contributed by atoms with Gasteiger partial charge in [-0.2, -0.15) is 4.31 Å². The second-order valence-corrected chi connectivity index (χ2v) is 15.4. The molecule has 2 aliphatic heterocycles. The normalized spacial score (nSPS) is 18.8. The number of nitrogens with zero attached hydrogens (tertiary/aromatic N) is 7. The first-order valence-corrected chi connectivity index (χ1v) is 17.1. The largest absolute Gasteiger partial charge is 0.444 e. The first-order valence-electron chi connectivity index (χ1n) is 14.9. The fourth-order valence-corrected chi connectivity index (χ4v) is 7.97. The Bertz CT molecular complexity index is 1920. The highest BCUT2D eigenvalue weighted by Crippen LogP contribution is 2.45. The van der Waals surface area contributed by atoms with Gasteiger partial charge in [0.25, 0.3) is 15.9 Å². The van der Waals surface area contributed by atoms with Crippen LogP contribution in [0.3, 0.4) is 0 Å². The maximum absolute atomic E-state index is 14.4. The maximum atomic E-state index is 14.4. The molecule has 47 heavy (non-hydrogen) atoms. The smallest absolute Gasteiger partial charge is 0.410 e. The Kier molecular flexibility index (Phi) is 8.54. The molecule has 6 rings (SSSR count). The molecule has 2 aromatic carbocycles. The molecule has 246 valence electrons. The topological polar surface area (TPSA) is 131 Å². The van der Waals surface area contributed by atoms with Crippen LogP contribution < -0.4 is 4.90 Å². The number of carbonyl (C=O) groups is 2. The summed E-state index contributed by atoms with van der Waals surface area (Å²) in [6.45, 7) is 7.42. The Hall–Kier alpha value is -4.04. The molecule has 0 saturated carbocycles. The number of hydrogen-bond donors (Lipinski definition) is 0. The highest BCUT2D eigenvalue weighted by Gasteiger charge is 2.52. The zero-order valence-corrected chi connectivity index (χ0v) is 28.6. The average Bonchev–Trinajstić information content (AvgIpc) is 3.55. The molecular formula is C32H33Cl2N7O5S. The molecule has 0 N–H and O–H groups in total. The van der Waals surface area contributed by atoms with Crippen molar-refractivity contribution in [2.75, 3.05) is 31.1 Å². The number of anilines is 2. The van der Waals surface area contributed by atoms with E-state index in [-0.39, 0.29) is 43.6 Å². The summed E-state index contributed by atoms with van der Waals surface area (Å²) in [5, 5.41) is 0.481. The van der Waals surface area contributed by atoms with Gasteiger partial charge < -0.3 is 9.64 Å². The van der Waals surface area contributed by atoms with Crippen LogP contribution in [0.4, 0.5) is 16.4 Å². The lowest BCUT2D eigenvalue weighted by molar-refractivity contribution is -0.124. The fourth-order valence-electron chi connectivity index (χ4n) is 5.84. The van der Waals surface area contributed by atoms with E-state index in [1.165, 1.54) is 31.2 Å². The van der Waals surface area contributed by atoms with Crippen molar-refractivity contribution < 1.29 is 22.7 Å². The molecule has 1 atom stereocenters. The van der Waals surface area contributed by atoms with Gasteiger partial charge in [0.05, 0.1) is 11.9 Å². The number of amides is 2. The highest BCUT2D eigenvalue weighted by atomic mass is 35.5. The van der Waals surface area contributed by atoms with Gasteiger partial charge in [0, 0.05) is 60.6 Å². The van der Waals surface area contributed by atoms with Crippen molar-refractivity contribution in [3.63, 3.8) is 0 Å². The average molecular weight is 699 g/mol. The van der Waals surface area contributed by atoms with Crippen molar-refractivity contribution in [3.05, 3.63) is 83.0 Å². The van der Waals surface area contributed by atoms with Gasteiger partial charge in [-0.1, -0.05) is 47.5 Å². The highest BCUT2D eigenvalue weighted by molar-refractivity contribution is 7.89. The number of carbonyl (C=O) groups excluding carboxylic acids is 2. The summed E-state index contributed by atoms with van der Waals surface area (Å²) in [6.07, 6.45) is 5.80. The monoisotopic (exact) mass is 697 g/mol. The second-order valence-electron chi connectivity index (χ2n) is 12.6. The Balaban J connectivity index is 1.36. The van der Waals surface area contributed by atoms with Crippen molar-refractivity contribution in [3.8, 4) is 11.1 Å². The van der Waals surface area contributed by atoms with Gasteiger partial charge in [0.2, 0.25) is 5.95 Å². The Morgan fingerprint density at radius 1 is 0.936 bits per heavy atom. The van der Waals surface area contributed by atoms with Crippen molar-refractivity contribution in [1.82, 2.24) is 28.7 Å². The Labute approximate surface area is 282 Å². The van der Waals surface area contributed by atoms with Gasteiger partial charge in [-0.3, -0.25) is 9.36 Å². The molecule has 0 aliphatic carbocycles. The molecule has 2 amide bonds. The van der Waals surface area contributed by atoms with E-state index in [1.54, 1.807) is 58.3 Å². The van der Waals surface area contributed by atoms with Crippen LogP contribution in [0.5, 0.6) is 0 Å². The number of imidazole rings is 1. The van der Waals surface area contributed by atoms with Gasteiger partial charge in [0.1, 0.15) is 17.5 Å². The molecule has 4 aromatic rings. The lowest BCUT2D eigenvalue weighted by Gasteiger charge is -2.35. The summed E-state index contributed by atoms with van der Waals surface area (Å²) in [5.41, 5.74) is 0.801. The molecule has 0 radical (unpaired) electrons. The number of halogens is 2. The standard InChI is InChI=1S/C32H33Cl2N7O5S/c1-31(2,3)46-30(43)38-9-11-39(12-10-38)47(44,45)27-19-37-29-40(26-14-24(33)13-25(34)15-26)28(42)32(4,41(27)29)16-21-5-7-22(8-6-21)23-17-35-20-36-18-23/h5-8,13-15,17-20H,9-12,16H2,1-4H3/t32-/m1/s1. The second kappa shape index (κ2) is 12.2. The predicted octanol–water partition coefficient (Wildman–Crippen LogP) is 5.52. The molecule has 4 heterocycles. The van der Waals surface area contributed by atoms with Crippen molar-refractivity contribution in [2.45, 2.75) is 50.3 Å². The summed E-state index contributed by atoms with van der Waals surface area (Å²) in [7, 11) is -4.17. The summed E-state index contributed by atoms with van der Waals surface area (Å²) >= 11 is 12.6. The molecular weight excluding hydrogens is 665 g/mol. The molecule has 1 saturated heterocycles. The van der Waals surface area contributed by atoms with Crippen LogP contribution >= 0.6 is 23.2 Å². The van der Waals surface area contributed by atoms with Crippen molar-refractivity contribution in [2.24, 2.45) is 0 Å². The lowest BCUT2D eigenvalue weighted by atomic mass is 9.91. The van der Waals surface area contributed by atoms with Crippen molar-refractivity contribution >= 4 is 56.9 Å². The molecule has 0 unspecified atom stereocenters. The number of sulfonamides is 1. The fraction of sp³-hybridized carbons (Fsp3) is 0.344. The summed E-state index contributed by atoms with van der Waals surface area (Å²) in [6, 6.07) is 12.3. The predicted molar refractivity (Wildman–Crippen MR) is 177 cm³/mol. The number of piperazine rings is 1. The van der Waals surface area contributed by atoms with E-state index in [0.29, 0.717) is 15.7 Å². The van der Waals surface area contributed by atoms with Gasteiger partial charge in [0.15, 0.2) is 5.03 Å². The third kappa shape index (κ3) is 6.32. The SMILES string of the molecule is CC(C)(C)OC(=O)N1CCN(S(=O)(=O)c2cnc3n2[C@](C)(Cc2ccc(-c4cncnc4)cc2)C(=O)N3c2cc(Cl)cc(Cl)c2)CC1. The van der Waals surface area contributed by atoms with Crippen LogP contribution in [0.25, 0.3) is 11.1 Å². The summed E-state index contributed by atoms with van der Waals surface area (Å²) in [5.74, 6) is -0.273. The maximum Gasteiger partial charge on any atom is 0.410 e. The van der Waals surface area contributed by atoms with Crippen LogP contribution in [-0.2, 0) is 31.5 Å². The summed E-state index contributed by atoms with van der Waals surface area (Å²) < 4.78 is 36.8. The van der Waals surface area contributed by atoms with Crippen molar-refractivity contribution in [1.29, 1.82) is 0 Å². The van der Waals surface area contributed by atoms with E-state index in [0.717, 1.165) is 16.7 Å². The first-order chi connectivity index (χ1) is 22.2. The quantitative estimate of drug-likeness (QED) is 0.257. The molecule has 0 bridgehead atoms. The van der Waals surface area contributed by atoms with E-state index in [2.05, 4.69) is 15.0 Å². The molecule has 1 fully saturated rings. The molecule has 0 spiro atoms. The van der Waals surface area contributed by atoms with Crippen LogP contribution in [0.15, 0.2) is 72.4 Å². The molecule has 2 aliphatic rings. The minimum absolute atomic E-state index is 0.0467. The van der Waals surface area contributed by atoms with Gasteiger partial charge in [-0.15, -0.1) is 0 Å². The number of rotatable bonds is 6. The minimum Gasteiger partial charge on any atom is -0.444 e. The zero-order chi connectivity index (χ0) is 33.7. The Morgan fingerprint density at radius 2 is 1.55 bits per heavy atom. The third-order valence-electron chi connectivity index (χ3n) is 8.06. The van der Waals surface area contributed by atoms with Crippen LogP contribution in [-0.4, -0.2) is 80.9 Å². The van der Waals surface area contributed by atoms with Crippen LogP contribution in [0.1, 0.15) is 33.3 Å². The van der Waals surface area contributed by atoms with Crippen LogP contribution in [0, 0.1) is 0 Å². The van der Waals surface area contributed by atoms with E-state index in [4.69, 9.17) is 27.9 Å². The molecule has 15 heteroatoms. The first kappa shape index (κ1) is 32.9. The minimum atomic E-state index is -4.17. The zero-order valence-electron chi connectivity index (χ0n) is 26.2. The van der Waals surface area contributed by atoms with Gasteiger partial charge in [-0.05, 0) is 57.0 Å². The van der Waals surface area contributed by atoms with Crippen LogP contribution in [0.2, 0.25) is 10.0 Å². The number of hydrogen-bond acceptors (Lipinski definition) is 8. The number of benzene rings is 2. The van der Waals surface area contributed by atoms with E-state index in [9.17, 15) is 18.0 Å². The van der Waals surface area contributed by atoms with E-state index >= 15 is 0 Å². The van der Waals surface area contributed by atoms with E-state index in [1.807, 2.05) is 24.3 Å². The Morgan fingerprint density at radius 3 is 2.15 bits per heavy atom. The van der Waals surface area contributed by atoms with Gasteiger partial charge in [-0.25, -0.2) is 33.1 Å². The number of ether oxygens (including phenoxy) is 1. The lowest BCUT2D eigenvalue weighted by Crippen LogP contribution is -2.52. The molecule has 2 aromatic heterocycles. The molecule has 12 nitrogen and oxygen atoms in total. The van der Waals surface area contributed by atoms with Gasteiger partial charge >= 0.3 is 6.09 Å². The number of aromatic nitrogens is 4. The third-order valence-corrected chi connectivity index (χ3v) is 10.4. The number of fused-ring (bicyclic) bond motifs is 1. The summed E-state index contributed by atoms with van der Waals surface area (Å²) in [4.78, 5) is 42.5.